The second-order valence-corrected chi connectivity index (χ2v) is 7.56. The van der Waals surface area contributed by atoms with Gasteiger partial charge in [0.05, 0.1) is 6.54 Å². The Kier molecular flexibility index (Phi) is 11.2. The molecule has 7 heteroatoms. The van der Waals surface area contributed by atoms with Crippen LogP contribution in [0.15, 0.2) is 53.5 Å². The summed E-state index contributed by atoms with van der Waals surface area (Å²) in [6.07, 6.45) is 0. The highest BCUT2D eigenvalue weighted by molar-refractivity contribution is 14.0. The third kappa shape index (κ3) is 8.83. The molecule has 2 N–H and O–H groups in total. The van der Waals surface area contributed by atoms with Crippen molar-refractivity contribution in [3.63, 3.8) is 0 Å². The molecular weight excluding hydrogens is 476 g/mol. The van der Waals surface area contributed by atoms with Crippen molar-refractivity contribution in [2.45, 2.75) is 26.1 Å². The molecule has 0 bridgehead atoms. The fraction of sp³-hybridized carbons (Fsp3) is 0.350. The minimum Gasteiger partial charge on any atom is -0.357 e. The van der Waals surface area contributed by atoms with E-state index in [1.807, 2.05) is 37.3 Å². The fourth-order valence-corrected chi connectivity index (χ4v) is 3.47. The van der Waals surface area contributed by atoms with Crippen molar-refractivity contribution < 1.29 is 8.60 Å². The van der Waals surface area contributed by atoms with Gasteiger partial charge in [-0.05, 0) is 36.6 Å². The van der Waals surface area contributed by atoms with Gasteiger partial charge in [-0.15, -0.1) is 24.0 Å². The van der Waals surface area contributed by atoms with Crippen molar-refractivity contribution in [2.75, 3.05) is 18.8 Å². The lowest BCUT2D eigenvalue weighted by Crippen LogP contribution is -2.39. The van der Waals surface area contributed by atoms with E-state index in [1.165, 1.54) is 6.07 Å². The van der Waals surface area contributed by atoms with Gasteiger partial charge in [-0.25, -0.2) is 9.38 Å². The third-order valence-electron chi connectivity index (χ3n) is 3.78. The Labute approximate surface area is 180 Å². The Morgan fingerprint density at radius 3 is 2.52 bits per heavy atom. The zero-order chi connectivity index (χ0) is 18.8. The van der Waals surface area contributed by atoms with E-state index in [-0.39, 0.29) is 29.8 Å². The highest BCUT2D eigenvalue weighted by atomic mass is 127. The van der Waals surface area contributed by atoms with Crippen LogP contribution in [0.4, 0.5) is 4.39 Å². The first-order valence-corrected chi connectivity index (χ1v) is 10.2. The molecule has 2 aromatic carbocycles. The summed E-state index contributed by atoms with van der Waals surface area (Å²) < 4.78 is 25.5. The van der Waals surface area contributed by atoms with Crippen molar-refractivity contribution in [2.24, 2.45) is 4.99 Å². The molecule has 1 unspecified atom stereocenters. The maximum atomic E-state index is 13.3. The maximum absolute atomic E-state index is 13.3. The Morgan fingerprint density at radius 1 is 1.11 bits per heavy atom. The molecule has 1 atom stereocenters. The average Bonchev–Trinajstić information content (AvgIpc) is 2.63. The molecule has 0 spiro atoms. The molecule has 0 fully saturated rings. The number of guanidine groups is 1. The van der Waals surface area contributed by atoms with E-state index in [9.17, 15) is 8.60 Å². The molecule has 27 heavy (non-hydrogen) atoms. The lowest BCUT2D eigenvalue weighted by molar-refractivity contribution is 0.617. The highest BCUT2D eigenvalue weighted by Gasteiger charge is 2.04. The van der Waals surface area contributed by atoms with Crippen molar-refractivity contribution in [3.8, 4) is 0 Å². The molecule has 0 heterocycles. The van der Waals surface area contributed by atoms with Crippen molar-refractivity contribution in [3.05, 3.63) is 71.0 Å². The van der Waals surface area contributed by atoms with E-state index < -0.39 is 10.8 Å². The van der Waals surface area contributed by atoms with Crippen LogP contribution < -0.4 is 10.6 Å². The van der Waals surface area contributed by atoms with E-state index in [1.54, 1.807) is 19.1 Å². The van der Waals surface area contributed by atoms with Crippen LogP contribution in [0.3, 0.4) is 0 Å². The van der Waals surface area contributed by atoms with Gasteiger partial charge in [-0.1, -0.05) is 42.5 Å². The minimum atomic E-state index is -0.924. The maximum Gasteiger partial charge on any atom is 0.191 e. The van der Waals surface area contributed by atoms with E-state index in [2.05, 4.69) is 15.6 Å². The van der Waals surface area contributed by atoms with E-state index in [0.717, 1.165) is 17.7 Å². The van der Waals surface area contributed by atoms with Crippen molar-refractivity contribution in [1.82, 2.24) is 10.6 Å². The van der Waals surface area contributed by atoms with Gasteiger partial charge in [0.1, 0.15) is 5.82 Å². The fourth-order valence-electron chi connectivity index (χ4n) is 2.43. The topological polar surface area (TPSA) is 53.5 Å². The molecule has 2 rings (SSSR count). The lowest BCUT2D eigenvalue weighted by atomic mass is 10.1. The first-order chi connectivity index (χ1) is 12.6. The quantitative estimate of drug-likeness (QED) is 0.328. The van der Waals surface area contributed by atoms with Gasteiger partial charge in [0.15, 0.2) is 5.96 Å². The molecular formula is C20H27FIN3OS. The average molecular weight is 503 g/mol. The minimum absolute atomic E-state index is 0. The molecule has 0 aliphatic rings. The number of aryl methyl sites for hydroxylation is 1. The Balaban J connectivity index is 0.00000364. The van der Waals surface area contributed by atoms with Crippen LogP contribution in [0.2, 0.25) is 0 Å². The number of nitrogens with zero attached hydrogens (tertiary/aromatic N) is 1. The third-order valence-corrected chi connectivity index (χ3v) is 5.09. The zero-order valence-electron chi connectivity index (χ0n) is 15.7. The molecule has 0 saturated carbocycles. The van der Waals surface area contributed by atoms with E-state index in [0.29, 0.717) is 36.1 Å². The number of hydrogen-bond acceptors (Lipinski definition) is 2. The first kappa shape index (κ1) is 23.6. The predicted molar refractivity (Wildman–Crippen MR) is 123 cm³/mol. The summed E-state index contributed by atoms with van der Waals surface area (Å²) in [6.45, 7) is 5.51. The van der Waals surface area contributed by atoms with Crippen molar-refractivity contribution in [1.29, 1.82) is 0 Å². The van der Waals surface area contributed by atoms with Crippen LogP contribution in [0.1, 0.15) is 23.6 Å². The highest BCUT2D eigenvalue weighted by Crippen LogP contribution is 2.10. The van der Waals surface area contributed by atoms with Gasteiger partial charge >= 0.3 is 0 Å². The molecule has 148 valence electrons. The summed E-state index contributed by atoms with van der Waals surface area (Å²) in [7, 11) is -0.924. The number of benzene rings is 2. The molecule has 0 aliphatic heterocycles. The summed E-state index contributed by atoms with van der Waals surface area (Å²) in [5.41, 5.74) is 2.65. The molecule has 0 amide bonds. The van der Waals surface area contributed by atoms with Gasteiger partial charge in [0, 0.05) is 35.4 Å². The van der Waals surface area contributed by atoms with Crippen LogP contribution >= 0.6 is 24.0 Å². The Morgan fingerprint density at radius 2 is 1.85 bits per heavy atom. The molecule has 0 aliphatic carbocycles. The SMILES string of the molecule is CCNC(=NCc1ccc(F)c(C)c1)NCCS(=O)Cc1ccccc1.I. The van der Waals surface area contributed by atoms with Crippen LogP contribution in [0.25, 0.3) is 0 Å². The number of rotatable bonds is 8. The number of hydrogen-bond donors (Lipinski definition) is 2. The summed E-state index contributed by atoms with van der Waals surface area (Å²) >= 11 is 0. The van der Waals surface area contributed by atoms with Crippen LogP contribution in [0, 0.1) is 12.7 Å². The van der Waals surface area contributed by atoms with Crippen LogP contribution in [-0.2, 0) is 23.1 Å². The van der Waals surface area contributed by atoms with Crippen LogP contribution in [-0.4, -0.2) is 29.0 Å². The molecule has 0 aromatic heterocycles. The largest absolute Gasteiger partial charge is 0.357 e. The zero-order valence-corrected chi connectivity index (χ0v) is 18.9. The van der Waals surface area contributed by atoms with Crippen LogP contribution in [0.5, 0.6) is 0 Å². The van der Waals surface area contributed by atoms with Gasteiger partial charge < -0.3 is 10.6 Å². The molecule has 0 saturated heterocycles. The summed E-state index contributed by atoms with van der Waals surface area (Å²) in [4.78, 5) is 4.51. The Hall–Kier alpha value is -1.48. The first-order valence-electron chi connectivity index (χ1n) is 8.74. The van der Waals surface area contributed by atoms with Gasteiger partial charge in [-0.3, -0.25) is 4.21 Å². The van der Waals surface area contributed by atoms with Crippen molar-refractivity contribution >= 4 is 40.7 Å². The summed E-state index contributed by atoms with van der Waals surface area (Å²) in [5, 5.41) is 6.37. The second-order valence-electron chi connectivity index (χ2n) is 5.98. The smallest absolute Gasteiger partial charge is 0.191 e. The van der Waals surface area contributed by atoms with Gasteiger partial charge in [0.25, 0.3) is 0 Å². The van der Waals surface area contributed by atoms with E-state index >= 15 is 0 Å². The van der Waals surface area contributed by atoms with Gasteiger partial charge in [-0.2, -0.15) is 0 Å². The second kappa shape index (κ2) is 12.8. The summed E-state index contributed by atoms with van der Waals surface area (Å²) in [6, 6.07) is 14.9. The van der Waals surface area contributed by atoms with E-state index in [4.69, 9.17) is 0 Å². The number of aliphatic imine (C=N–C) groups is 1. The molecule has 0 radical (unpaired) electrons. The number of halogens is 2. The molecule has 4 nitrogen and oxygen atoms in total. The normalized spacial score (nSPS) is 12.2. The Bertz CT molecular complexity index is 756. The van der Waals surface area contributed by atoms with Gasteiger partial charge in [0.2, 0.25) is 0 Å². The molecule has 2 aromatic rings. The predicted octanol–water partition coefficient (Wildman–Crippen LogP) is 3.76. The lowest BCUT2D eigenvalue weighted by Gasteiger charge is -2.11. The summed E-state index contributed by atoms with van der Waals surface area (Å²) in [5.74, 6) is 1.58. The standard InChI is InChI=1S/C20H26FN3OS.HI/c1-3-22-20(24-14-18-9-10-19(21)16(2)13-18)23-11-12-26(25)15-17-7-5-4-6-8-17;/h4-10,13H,3,11-12,14-15H2,1-2H3,(H2,22,23,24);1H. The number of nitrogens with one attached hydrogen (secondary N) is 2. The monoisotopic (exact) mass is 503 g/mol.